The number of hydrogen-bond acceptors (Lipinski definition) is 7. The van der Waals surface area contributed by atoms with Crippen molar-refractivity contribution in [1.29, 1.82) is 0 Å². The first kappa shape index (κ1) is 18.5. The summed E-state index contributed by atoms with van der Waals surface area (Å²) in [4.78, 5) is 34.3. The molecule has 0 atom stereocenters. The van der Waals surface area contributed by atoms with E-state index in [1.165, 1.54) is 13.3 Å². The molecule has 8 nitrogen and oxygen atoms in total. The third kappa shape index (κ3) is 3.88. The van der Waals surface area contributed by atoms with Crippen molar-refractivity contribution in [3.63, 3.8) is 0 Å². The second-order valence-electron chi connectivity index (χ2n) is 6.95. The Balaban J connectivity index is 1.41. The zero-order valence-electron chi connectivity index (χ0n) is 15.7. The third-order valence-electron chi connectivity index (χ3n) is 5.08. The fourth-order valence-electron chi connectivity index (χ4n) is 3.48. The summed E-state index contributed by atoms with van der Waals surface area (Å²) in [6.07, 6.45) is 2.70. The van der Waals surface area contributed by atoms with E-state index in [0.29, 0.717) is 56.2 Å². The number of piperidine rings is 1. The van der Waals surface area contributed by atoms with Gasteiger partial charge in [-0.05, 0) is 31.2 Å². The van der Waals surface area contributed by atoms with Gasteiger partial charge in [-0.15, -0.1) is 0 Å². The van der Waals surface area contributed by atoms with Gasteiger partial charge in [0.1, 0.15) is 17.8 Å². The van der Waals surface area contributed by atoms with Crippen molar-refractivity contribution < 1.29 is 19.1 Å². The molecule has 1 N–H and O–H groups in total. The molecule has 28 heavy (non-hydrogen) atoms. The SMILES string of the molecule is CC(=O)c1ccc(Nc2cc(C(=O)N3CCC4(CC3)OCCO4)ncn2)cc1. The Morgan fingerprint density at radius 1 is 1.07 bits per heavy atom. The smallest absolute Gasteiger partial charge is 0.272 e. The van der Waals surface area contributed by atoms with Gasteiger partial charge in [0.05, 0.1) is 13.2 Å². The number of likely N-dealkylation sites (tertiary alicyclic amines) is 1. The zero-order valence-corrected chi connectivity index (χ0v) is 15.7. The molecule has 2 aliphatic heterocycles. The van der Waals surface area contributed by atoms with Gasteiger partial charge in [0.15, 0.2) is 11.6 Å². The van der Waals surface area contributed by atoms with Crippen LogP contribution in [0.25, 0.3) is 0 Å². The normalized spacial score (nSPS) is 18.2. The lowest BCUT2D eigenvalue weighted by atomic mass is 10.0. The van der Waals surface area contributed by atoms with E-state index in [2.05, 4.69) is 15.3 Å². The molecular weight excluding hydrogens is 360 g/mol. The minimum Gasteiger partial charge on any atom is -0.347 e. The molecule has 2 saturated heterocycles. The molecule has 3 heterocycles. The van der Waals surface area contributed by atoms with E-state index in [0.717, 1.165) is 5.69 Å². The first-order chi connectivity index (χ1) is 13.5. The lowest BCUT2D eigenvalue weighted by Crippen LogP contribution is -2.47. The summed E-state index contributed by atoms with van der Waals surface area (Å²) in [6, 6.07) is 8.72. The fraction of sp³-hybridized carbons (Fsp3) is 0.400. The van der Waals surface area contributed by atoms with Crippen molar-refractivity contribution in [1.82, 2.24) is 14.9 Å². The molecule has 1 aromatic heterocycles. The highest BCUT2D eigenvalue weighted by molar-refractivity contribution is 5.94. The second-order valence-corrected chi connectivity index (χ2v) is 6.95. The predicted molar refractivity (Wildman–Crippen MR) is 102 cm³/mol. The molecule has 0 unspecified atom stereocenters. The van der Waals surface area contributed by atoms with Crippen LogP contribution in [0.15, 0.2) is 36.7 Å². The number of carbonyl (C=O) groups excluding carboxylic acids is 2. The number of Topliss-reactive ketones (excluding diaryl/α,β-unsaturated/α-hetero) is 1. The predicted octanol–water partition coefficient (Wildman–Crippen LogP) is 2.40. The minimum absolute atomic E-state index is 0.0122. The molecule has 4 rings (SSSR count). The largest absolute Gasteiger partial charge is 0.347 e. The van der Waals surface area contributed by atoms with Crippen LogP contribution < -0.4 is 5.32 Å². The van der Waals surface area contributed by atoms with Crippen LogP contribution in [0.4, 0.5) is 11.5 Å². The van der Waals surface area contributed by atoms with Crippen molar-refractivity contribution in [3.05, 3.63) is 47.9 Å². The number of ketones is 1. The van der Waals surface area contributed by atoms with E-state index < -0.39 is 5.79 Å². The quantitative estimate of drug-likeness (QED) is 0.812. The maximum atomic E-state index is 12.8. The van der Waals surface area contributed by atoms with Crippen LogP contribution in [0.1, 0.15) is 40.6 Å². The summed E-state index contributed by atoms with van der Waals surface area (Å²) in [5.41, 5.74) is 1.75. The van der Waals surface area contributed by atoms with Gasteiger partial charge in [0.2, 0.25) is 0 Å². The van der Waals surface area contributed by atoms with Crippen molar-refractivity contribution in [3.8, 4) is 0 Å². The molecule has 2 aliphatic rings. The first-order valence-corrected chi connectivity index (χ1v) is 9.32. The molecular formula is C20H22N4O4. The second kappa shape index (κ2) is 7.65. The van der Waals surface area contributed by atoms with Crippen LogP contribution in [-0.4, -0.2) is 58.6 Å². The summed E-state index contributed by atoms with van der Waals surface area (Å²) in [6.45, 7) is 3.89. The molecule has 1 amide bonds. The van der Waals surface area contributed by atoms with E-state index in [9.17, 15) is 9.59 Å². The summed E-state index contributed by atoms with van der Waals surface area (Å²) < 4.78 is 11.4. The van der Waals surface area contributed by atoms with Gasteiger partial charge >= 0.3 is 0 Å². The number of ether oxygens (including phenoxy) is 2. The summed E-state index contributed by atoms with van der Waals surface area (Å²) in [7, 11) is 0. The lowest BCUT2D eigenvalue weighted by molar-refractivity contribution is -0.181. The van der Waals surface area contributed by atoms with E-state index >= 15 is 0 Å². The Kier molecular flexibility index (Phi) is 5.06. The molecule has 0 aliphatic carbocycles. The Hall–Kier alpha value is -2.84. The highest BCUT2D eigenvalue weighted by Crippen LogP contribution is 2.31. The van der Waals surface area contributed by atoms with Crippen molar-refractivity contribution in [2.24, 2.45) is 0 Å². The average Bonchev–Trinajstić information content (AvgIpc) is 3.16. The molecule has 0 radical (unpaired) electrons. The Labute approximate surface area is 162 Å². The van der Waals surface area contributed by atoms with E-state index in [4.69, 9.17) is 9.47 Å². The van der Waals surface area contributed by atoms with E-state index in [1.54, 1.807) is 35.2 Å². The Bertz CT molecular complexity index is 868. The van der Waals surface area contributed by atoms with Gasteiger partial charge in [-0.2, -0.15) is 0 Å². The van der Waals surface area contributed by atoms with E-state index in [1.807, 2.05) is 0 Å². The lowest BCUT2D eigenvalue weighted by Gasteiger charge is -2.37. The van der Waals surface area contributed by atoms with Crippen LogP contribution in [0, 0.1) is 0 Å². The molecule has 2 fully saturated rings. The third-order valence-corrected chi connectivity index (χ3v) is 5.08. The number of nitrogens with one attached hydrogen (secondary N) is 1. The molecule has 1 aromatic carbocycles. The van der Waals surface area contributed by atoms with Crippen LogP contribution in [0.2, 0.25) is 0 Å². The van der Waals surface area contributed by atoms with Crippen LogP contribution in [0.5, 0.6) is 0 Å². The number of anilines is 2. The summed E-state index contributed by atoms with van der Waals surface area (Å²) >= 11 is 0. The van der Waals surface area contributed by atoms with Crippen molar-refractivity contribution in [2.75, 3.05) is 31.6 Å². The van der Waals surface area contributed by atoms with Gasteiger partial charge in [-0.1, -0.05) is 0 Å². The monoisotopic (exact) mass is 382 g/mol. The number of carbonyl (C=O) groups is 2. The average molecular weight is 382 g/mol. The minimum atomic E-state index is -0.513. The number of rotatable bonds is 4. The van der Waals surface area contributed by atoms with Crippen LogP contribution >= 0.6 is 0 Å². The Morgan fingerprint density at radius 2 is 1.75 bits per heavy atom. The molecule has 1 spiro atoms. The van der Waals surface area contributed by atoms with Crippen molar-refractivity contribution >= 4 is 23.2 Å². The molecule has 2 aromatic rings. The number of nitrogens with zero attached hydrogens (tertiary/aromatic N) is 3. The fourth-order valence-corrected chi connectivity index (χ4v) is 3.48. The summed E-state index contributed by atoms with van der Waals surface area (Å²) in [5.74, 6) is -0.116. The Morgan fingerprint density at radius 3 is 2.39 bits per heavy atom. The summed E-state index contributed by atoms with van der Waals surface area (Å²) in [5, 5.41) is 3.13. The topological polar surface area (TPSA) is 93.7 Å². The highest BCUT2D eigenvalue weighted by atomic mass is 16.7. The first-order valence-electron chi connectivity index (χ1n) is 9.32. The molecule has 146 valence electrons. The van der Waals surface area contributed by atoms with Gasteiger partial charge in [0.25, 0.3) is 5.91 Å². The zero-order chi connectivity index (χ0) is 19.6. The number of amides is 1. The number of aromatic nitrogens is 2. The van der Waals surface area contributed by atoms with Gasteiger partial charge in [0, 0.05) is 43.2 Å². The number of benzene rings is 1. The van der Waals surface area contributed by atoms with E-state index in [-0.39, 0.29) is 11.7 Å². The van der Waals surface area contributed by atoms with Gasteiger partial charge in [-0.25, -0.2) is 9.97 Å². The van der Waals surface area contributed by atoms with Gasteiger partial charge in [-0.3, -0.25) is 9.59 Å². The van der Waals surface area contributed by atoms with Gasteiger partial charge < -0.3 is 19.7 Å². The van der Waals surface area contributed by atoms with Crippen LogP contribution in [-0.2, 0) is 9.47 Å². The standard InChI is InChI=1S/C20H22N4O4/c1-14(25)15-2-4-16(5-3-15)23-18-12-17(21-13-22-18)19(26)24-8-6-20(7-9-24)27-10-11-28-20/h2-5,12-13H,6-11H2,1H3,(H,21,22,23). The van der Waals surface area contributed by atoms with Crippen LogP contribution in [0.3, 0.4) is 0 Å². The maximum absolute atomic E-state index is 12.8. The highest BCUT2D eigenvalue weighted by Gasteiger charge is 2.41. The maximum Gasteiger partial charge on any atom is 0.272 e. The molecule has 8 heteroatoms. The van der Waals surface area contributed by atoms with Crippen molar-refractivity contribution in [2.45, 2.75) is 25.6 Å². The molecule has 0 saturated carbocycles. The molecule has 0 bridgehead atoms. The number of hydrogen-bond donors (Lipinski definition) is 1.